The molecule has 2 fully saturated rings. The third-order valence-electron chi connectivity index (χ3n) is 6.96. The maximum Gasteiger partial charge on any atom is 0.320 e. The summed E-state index contributed by atoms with van der Waals surface area (Å²) in [6.45, 7) is 7.64. The van der Waals surface area contributed by atoms with Gasteiger partial charge in [-0.15, -0.1) is 0 Å². The van der Waals surface area contributed by atoms with Gasteiger partial charge in [-0.05, 0) is 36.5 Å². The van der Waals surface area contributed by atoms with E-state index in [-0.39, 0.29) is 30.1 Å². The van der Waals surface area contributed by atoms with Crippen LogP contribution in [0.4, 0.5) is 0 Å². The Morgan fingerprint density at radius 1 is 1.12 bits per heavy atom. The van der Waals surface area contributed by atoms with Gasteiger partial charge in [0.2, 0.25) is 11.8 Å². The SMILES string of the molecule is CCCCOC(=O)CN1CCN(CCc2cccc3c2CN(C2CCC(=O)NC2=O)C3=O)CC1. The van der Waals surface area contributed by atoms with Gasteiger partial charge in [-0.2, -0.15) is 0 Å². The third kappa shape index (κ3) is 5.64. The maximum absolute atomic E-state index is 13.0. The summed E-state index contributed by atoms with van der Waals surface area (Å²) in [7, 11) is 0. The van der Waals surface area contributed by atoms with Gasteiger partial charge in [0.15, 0.2) is 0 Å². The lowest BCUT2D eigenvalue weighted by atomic mass is 10.0. The van der Waals surface area contributed by atoms with E-state index in [2.05, 4.69) is 28.1 Å². The Hall–Kier alpha value is -2.78. The first-order valence-corrected chi connectivity index (χ1v) is 12.3. The molecule has 1 N–H and O–H groups in total. The fourth-order valence-corrected chi connectivity index (χ4v) is 4.89. The Morgan fingerprint density at radius 3 is 2.62 bits per heavy atom. The second kappa shape index (κ2) is 11.1. The summed E-state index contributed by atoms with van der Waals surface area (Å²) in [6, 6.07) is 5.20. The van der Waals surface area contributed by atoms with E-state index >= 15 is 0 Å². The van der Waals surface area contributed by atoms with Gasteiger partial charge in [-0.3, -0.25) is 29.4 Å². The zero-order valence-corrected chi connectivity index (χ0v) is 19.9. The molecule has 0 bridgehead atoms. The second-order valence-corrected chi connectivity index (χ2v) is 9.29. The van der Waals surface area contributed by atoms with Crippen LogP contribution in [0.5, 0.6) is 0 Å². The van der Waals surface area contributed by atoms with Crippen LogP contribution in [-0.4, -0.2) is 90.3 Å². The number of hydrogen-bond acceptors (Lipinski definition) is 7. The lowest BCUT2D eigenvalue weighted by molar-refractivity contribution is -0.145. The minimum Gasteiger partial charge on any atom is -0.465 e. The van der Waals surface area contributed by atoms with Crippen LogP contribution in [0.1, 0.15) is 54.1 Å². The molecule has 34 heavy (non-hydrogen) atoms. The van der Waals surface area contributed by atoms with Crippen molar-refractivity contribution in [2.75, 3.05) is 45.9 Å². The molecule has 9 heteroatoms. The number of nitrogens with zero attached hydrogens (tertiary/aromatic N) is 3. The zero-order chi connectivity index (χ0) is 24.1. The number of hydrogen-bond donors (Lipinski definition) is 1. The van der Waals surface area contributed by atoms with Crippen LogP contribution in [0, 0.1) is 0 Å². The summed E-state index contributed by atoms with van der Waals surface area (Å²) in [5, 5.41) is 2.35. The summed E-state index contributed by atoms with van der Waals surface area (Å²) in [6.07, 6.45) is 3.36. The van der Waals surface area contributed by atoms with Crippen LogP contribution >= 0.6 is 0 Å². The molecule has 4 rings (SSSR count). The predicted molar refractivity (Wildman–Crippen MR) is 125 cm³/mol. The molecule has 3 aliphatic heterocycles. The standard InChI is InChI=1S/C25H34N4O5/c1-2-3-15-34-23(31)17-28-13-11-27(12-14-28)10-9-18-5-4-6-19-20(18)16-29(25(19)33)21-7-8-22(30)26-24(21)32/h4-6,21H,2-3,7-17H2,1H3,(H,26,30,32). The van der Waals surface area contributed by atoms with Gasteiger partial charge in [-0.25, -0.2) is 0 Å². The van der Waals surface area contributed by atoms with Crippen molar-refractivity contribution < 1.29 is 23.9 Å². The molecule has 0 spiro atoms. The van der Waals surface area contributed by atoms with Crippen LogP contribution in [0.2, 0.25) is 0 Å². The van der Waals surface area contributed by atoms with Gasteiger partial charge in [-0.1, -0.05) is 25.5 Å². The van der Waals surface area contributed by atoms with E-state index in [0.717, 1.165) is 63.1 Å². The van der Waals surface area contributed by atoms with E-state index in [1.807, 2.05) is 12.1 Å². The topological polar surface area (TPSA) is 99.3 Å². The molecule has 1 atom stereocenters. The molecule has 1 aromatic carbocycles. The largest absolute Gasteiger partial charge is 0.465 e. The maximum atomic E-state index is 13.0. The molecule has 3 amide bonds. The van der Waals surface area contributed by atoms with Crippen LogP contribution < -0.4 is 5.32 Å². The number of ether oxygens (including phenoxy) is 1. The molecule has 0 saturated carbocycles. The smallest absolute Gasteiger partial charge is 0.320 e. The van der Waals surface area contributed by atoms with Gasteiger partial charge in [0.25, 0.3) is 5.91 Å². The molecule has 0 aliphatic carbocycles. The van der Waals surface area contributed by atoms with E-state index in [9.17, 15) is 19.2 Å². The van der Waals surface area contributed by atoms with Crippen molar-refractivity contribution in [3.63, 3.8) is 0 Å². The molecule has 0 aromatic heterocycles. The van der Waals surface area contributed by atoms with E-state index in [4.69, 9.17) is 4.74 Å². The van der Waals surface area contributed by atoms with Gasteiger partial charge >= 0.3 is 5.97 Å². The number of unbranched alkanes of at least 4 members (excludes halogenated alkanes) is 1. The van der Waals surface area contributed by atoms with Crippen LogP contribution in [0.25, 0.3) is 0 Å². The molecule has 1 unspecified atom stereocenters. The van der Waals surface area contributed by atoms with E-state index < -0.39 is 6.04 Å². The highest BCUT2D eigenvalue weighted by Crippen LogP contribution is 2.30. The van der Waals surface area contributed by atoms with Crippen LogP contribution in [0.3, 0.4) is 0 Å². The summed E-state index contributed by atoms with van der Waals surface area (Å²) >= 11 is 0. The summed E-state index contributed by atoms with van der Waals surface area (Å²) < 4.78 is 5.27. The molecule has 9 nitrogen and oxygen atoms in total. The van der Waals surface area contributed by atoms with Crippen LogP contribution in [-0.2, 0) is 32.1 Å². The normalized spacial score (nSPS) is 21.5. The van der Waals surface area contributed by atoms with Crippen molar-refractivity contribution in [3.8, 4) is 0 Å². The number of benzene rings is 1. The Bertz CT molecular complexity index is 941. The lowest BCUT2D eigenvalue weighted by Crippen LogP contribution is -2.52. The number of fused-ring (bicyclic) bond motifs is 1. The minimum absolute atomic E-state index is 0.134. The lowest BCUT2D eigenvalue weighted by Gasteiger charge is -2.34. The molecule has 1 aromatic rings. The van der Waals surface area contributed by atoms with Crippen LogP contribution in [0.15, 0.2) is 18.2 Å². The molecule has 3 heterocycles. The number of piperazine rings is 1. The highest BCUT2D eigenvalue weighted by Gasteiger charge is 2.39. The molecule has 0 radical (unpaired) electrons. The number of nitrogens with one attached hydrogen (secondary N) is 1. The van der Waals surface area contributed by atoms with Crippen molar-refractivity contribution in [1.82, 2.24) is 20.0 Å². The summed E-state index contributed by atoms with van der Waals surface area (Å²) in [5.74, 6) is -0.941. The van der Waals surface area contributed by atoms with Gasteiger partial charge in [0.1, 0.15) is 6.04 Å². The highest BCUT2D eigenvalue weighted by atomic mass is 16.5. The minimum atomic E-state index is -0.591. The van der Waals surface area contributed by atoms with Gasteiger partial charge < -0.3 is 14.5 Å². The third-order valence-corrected chi connectivity index (χ3v) is 6.96. The van der Waals surface area contributed by atoms with Crippen molar-refractivity contribution in [1.29, 1.82) is 0 Å². The molecule has 184 valence electrons. The quantitative estimate of drug-likeness (QED) is 0.326. The molecular formula is C25H34N4O5. The average molecular weight is 471 g/mol. The molecule has 2 saturated heterocycles. The number of imide groups is 1. The fraction of sp³-hybridized carbons (Fsp3) is 0.600. The van der Waals surface area contributed by atoms with E-state index in [1.54, 1.807) is 4.90 Å². The summed E-state index contributed by atoms with van der Waals surface area (Å²) in [4.78, 5) is 54.8. The highest BCUT2D eigenvalue weighted by molar-refractivity contribution is 6.05. The van der Waals surface area contributed by atoms with Crippen molar-refractivity contribution in [3.05, 3.63) is 34.9 Å². The Balaban J connectivity index is 1.28. The van der Waals surface area contributed by atoms with Gasteiger partial charge in [0, 0.05) is 51.3 Å². The van der Waals surface area contributed by atoms with E-state index in [1.165, 1.54) is 0 Å². The summed E-state index contributed by atoms with van der Waals surface area (Å²) in [5.41, 5.74) is 2.78. The monoisotopic (exact) mass is 470 g/mol. The number of carbonyl (C=O) groups is 4. The fourth-order valence-electron chi connectivity index (χ4n) is 4.89. The molecule has 3 aliphatic rings. The Labute approximate surface area is 200 Å². The number of rotatable bonds is 9. The van der Waals surface area contributed by atoms with Gasteiger partial charge in [0.05, 0.1) is 13.2 Å². The Morgan fingerprint density at radius 2 is 1.88 bits per heavy atom. The number of piperidine rings is 1. The van der Waals surface area contributed by atoms with Crippen molar-refractivity contribution >= 4 is 23.7 Å². The number of carbonyl (C=O) groups excluding carboxylic acids is 4. The zero-order valence-electron chi connectivity index (χ0n) is 19.9. The first kappa shape index (κ1) is 24.3. The van der Waals surface area contributed by atoms with E-state index in [0.29, 0.717) is 31.7 Å². The first-order valence-electron chi connectivity index (χ1n) is 12.3. The molecular weight excluding hydrogens is 436 g/mol. The second-order valence-electron chi connectivity index (χ2n) is 9.29. The first-order chi connectivity index (χ1) is 16.5. The Kier molecular flexibility index (Phi) is 7.95. The number of esters is 1. The average Bonchev–Trinajstić information content (AvgIpc) is 3.16. The van der Waals surface area contributed by atoms with Crippen molar-refractivity contribution in [2.24, 2.45) is 0 Å². The van der Waals surface area contributed by atoms with Crippen molar-refractivity contribution in [2.45, 2.75) is 51.6 Å². The predicted octanol–water partition coefficient (Wildman–Crippen LogP) is 0.951. The number of amides is 3.